The molecular formula is C15H19N3O2. The van der Waals surface area contributed by atoms with Crippen molar-refractivity contribution in [2.45, 2.75) is 26.3 Å². The highest BCUT2D eigenvalue weighted by atomic mass is 16.5. The number of nitrogens with two attached hydrogens (primary N) is 1. The van der Waals surface area contributed by atoms with E-state index in [0.717, 1.165) is 24.1 Å². The van der Waals surface area contributed by atoms with Crippen LogP contribution < -0.4 is 15.2 Å². The van der Waals surface area contributed by atoms with Gasteiger partial charge in [0, 0.05) is 24.4 Å². The van der Waals surface area contributed by atoms with Gasteiger partial charge in [-0.2, -0.15) is 0 Å². The fourth-order valence-electron chi connectivity index (χ4n) is 1.87. The quantitative estimate of drug-likeness (QED) is 0.876. The predicted octanol–water partition coefficient (Wildman–Crippen LogP) is 2.69. The van der Waals surface area contributed by atoms with E-state index in [1.807, 2.05) is 18.2 Å². The van der Waals surface area contributed by atoms with E-state index in [9.17, 15) is 0 Å². The molecule has 0 aliphatic heterocycles. The summed E-state index contributed by atoms with van der Waals surface area (Å²) in [6.45, 7) is 2.54. The molecule has 0 aliphatic rings. The molecule has 0 radical (unpaired) electrons. The van der Waals surface area contributed by atoms with Gasteiger partial charge in [-0.05, 0) is 24.1 Å². The van der Waals surface area contributed by atoms with Crippen LogP contribution in [0.5, 0.6) is 17.4 Å². The smallest absolute Gasteiger partial charge is 0.222 e. The van der Waals surface area contributed by atoms with Crippen molar-refractivity contribution in [2.75, 3.05) is 7.11 Å². The van der Waals surface area contributed by atoms with Crippen molar-refractivity contribution in [1.29, 1.82) is 0 Å². The minimum Gasteiger partial charge on any atom is -0.497 e. The Labute approximate surface area is 118 Å². The standard InChI is InChI=1S/C15H19N3O2/c1-3-4-12-7-15(18-10-17-12)20-14-6-11(9-16)5-13(8-14)19-2/h5-8,10H,3-4,9,16H2,1-2H3. The van der Waals surface area contributed by atoms with E-state index in [1.54, 1.807) is 13.2 Å². The van der Waals surface area contributed by atoms with E-state index in [1.165, 1.54) is 6.33 Å². The number of rotatable bonds is 6. The SMILES string of the molecule is CCCc1cc(Oc2cc(CN)cc(OC)c2)ncn1. The van der Waals surface area contributed by atoms with Crippen molar-refractivity contribution in [3.63, 3.8) is 0 Å². The van der Waals surface area contributed by atoms with Crippen LogP contribution in [-0.4, -0.2) is 17.1 Å². The van der Waals surface area contributed by atoms with Crippen LogP contribution in [0, 0.1) is 0 Å². The van der Waals surface area contributed by atoms with Crippen molar-refractivity contribution < 1.29 is 9.47 Å². The molecule has 2 aromatic rings. The van der Waals surface area contributed by atoms with Crippen LogP contribution >= 0.6 is 0 Å². The van der Waals surface area contributed by atoms with Crippen LogP contribution in [0.1, 0.15) is 24.6 Å². The molecule has 20 heavy (non-hydrogen) atoms. The third kappa shape index (κ3) is 3.68. The average molecular weight is 273 g/mol. The Morgan fingerprint density at radius 2 is 1.90 bits per heavy atom. The zero-order chi connectivity index (χ0) is 14.4. The average Bonchev–Trinajstić information content (AvgIpc) is 2.47. The van der Waals surface area contributed by atoms with Gasteiger partial charge >= 0.3 is 0 Å². The summed E-state index contributed by atoms with van der Waals surface area (Å²) in [6.07, 6.45) is 3.46. The van der Waals surface area contributed by atoms with Crippen molar-refractivity contribution >= 4 is 0 Å². The lowest BCUT2D eigenvalue weighted by Crippen LogP contribution is -1.99. The number of hydrogen-bond donors (Lipinski definition) is 1. The predicted molar refractivity (Wildman–Crippen MR) is 77.0 cm³/mol. The van der Waals surface area contributed by atoms with Gasteiger partial charge in [-0.3, -0.25) is 0 Å². The number of hydrogen-bond acceptors (Lipinski definition) is 5. The van der Waals surface area contributed by atoms with Crippen molar-refractivity contribution in [3.8, 4) is 17.4 Å². The molecule has 0 saturated carbocycles. The minimum absolute atomic E-state index is 0.429. The molecule has 2 rings (SSSR count). The molecule has 0 spiro atoms. The minimum atomic E-state index is 0.429. The summed E-state index contributed by atoms with van der Waals surface area (Å²) < 4.78 is 11.0. The van der Waals surface area contributed by atoms with Crippen LogP contribution in [0.3, 0.4) is 0 Å². The highest BCUT2D eigenvalue weighted by Gasteiger charge is 2.05. The van der Waals surface area contributed by atoms with Gasteiger partial charge in [0.1, 0.15) is 17.8 Å². The molecule has 0 fully saturated rings. The first-order chi connectivity index (χ1) is 9.75. The summed E-state index contributed by atoms with van der Waals surface area (Å²) in [7, 11) is 1.61. The summed E-state index contributed by atoms with van der Waals surface area (Å²) in [4.78, 5) is 8.32. The molecule has 0 bridgehead atoms. The molecule has 0 amide bonds. The van der Waals surface area contributed by atoms with Gasteiger partial charge in [0.2, 0.25) is 5.88 Å². The van der Waals surface area contributed by atoms with Gasteiger partial charge in [0.05, 0.1) is 7.11 Å². The van der Waals surface area contributed by atoms with Crippen LogP contribution in [0.15, 0.2) is 30.6 Å². The van der Waals surface area contributed by atoms with Gasteiger partial charge in [-0.25, -0.2) is 9.97 Å². The Bertz CT molecular complexity index is 551. The Morgan fingerprint density at radius 3 is 2.60 bits per heavy atom. The molecule has 1 aromatic heterocycles. The highest BCUT2D eigenvalue weighted by Crippen LogP contribution is 2.26. The molecule has 1 heterocycles. The number of methoxy groups -OCH3 is 1. The van der Waals surface area contributed by atoms with Crippen LogP contribution in [0.25, 0.3) is 0 Å². The highest BCUT2D eigenvalue weighted by molar-refractivity contribution is 5.40. The first-order valence-corrected chi connectivity index (χ1v) is 6.62. The van der Waals surface area contributed by atoms with Gasteiger partial charge in [-0.15, -0.1) is 0 Å². The first-order valence-electron chi connectivity index (χ1n) is 6.62. The summed E-state index contributed by atoms with van der Waals surface area (Å²) >= 11 is 0. The Balaban J connectivity index is 2.22. The lowest BCUT2D eigenvalue weighted by molar-refractivity contribution is 0.406. The van der Waals surface area contributed by atoms with Crippen molar-refractivity contribution in [2.24, 2.45) is 5.73 Å². The van der Waals surface area contributed by atoms with Crippen molar-refractivity contribution in [1.82, 2.24) is 9.97 Å². The third-order valence-corrected chi connectivity index (χ3v) is 2.84. The maximum atomic E-state index is 5.76. The molecular weight excluding hydrogens is 254 g/mol. The van der Waals surface area contributed by atoms with E-state index < -0.39 is 0 Å². The second-order valence-corrected chi connectivity index (χ2v) is 4.42. The third-order valence-electron chi connectivity index (χ3n) is 2.84. The van der Waals surface area contributed by atoms with E-state index in [0.29, 0.717) is 23.9 Å². The largest absolute Gasteiger partial charge is 0.497 e. The summed E-state index contributed by atoms with van der Waals surface area (Å²) in [5.41, 5.74) is 7.58. The Kier molecular flexibility index (Phi) is 4.90. The zero-order valence-corrected chi connectivity index (χ0v) is 11.8. The summed E-state index contributed by atoms with van der Waals surface area (Å²) in [5.74, 6) is 1.90. The molecule has 0 aliphatic carbocycles. The molecule has 106 valence electrons. The number of ether oxygens (including phenoxy) is 2. The first kappa shape index (κ1) is 14.3. The van der Waals surface area contributed by atoms with Crippen LogP contribution in [-0.2, 0) is 13.0 Å². The van der Waals surface area contributed by atoms with E-state index in [2.05, 4.69) is 16.9 Å². The lowest BCUT2D eigenvalue weighted by Gasteiger charge is -2.09. The maximum absolute atomic E-state index is 5.76. The fraction of sp³-hybridized carbons (Fsp3) is 0.333. The summed E-state index contributed by atoms with van der Waals surface area (Å²) in [6, 6.07) is 7.42. The molecule has 5 nitrogen and oxygen atoms in total. The molecule has 0 atom stereocenters. The lowest BCUT2D eigenvalue weighted by atomic mass is 10.2. The van der Waals surface area contributed by atoms with Crippen molar-refractivity contribution in [3.05, 3.63) is 41.9 Å². The van der Waals surface area contributed by atoms with Crippen LogP contribution in [0.4, 0.5) is 0 Å². The number of aryl methyl sites for hydroxylation is 1. The molecule has 5 heteroatoms. The fourth-order valence-corrected chi connectivity index (χ4v) is 1.87. The molecule has 0 saturated heterocycles. The number of aromatic nitrogens is 2. The Hall–Kier alpha value is -2.14. The zero-order valence-electron chi connectivity index (χ0n) is 11.8. The second kappa shape index (κ2) is 6.86. The van der Waals surface area contributed by atoms with E-state index in [-0.39, 0.29) is 0 Å². The summed E-state index contributed by atoms with van der Waals surface area (Å²) in [5, 5.41) is 0. The Morgan fingerprint density at radius 1 is 1.10 bits per heavy atom. The molecule has 2 N–H and O–H groups in total. The van der Waals surface area contributed by atoms with Gasteiger partial charge in [0.15, 0.2) is 0 Å². The molecule has 1 aromatic carbocycles. The number of benzene rings is 1. The normalized spacial score (nSPS) is 10.3. The van der Waals surface area contributed by atoms with Gasteiger partial charge < -0.3 is 15.2 Å². The van der Waals surface area contributed by atoms with E-state index >= 15 is 0 Å². The number of nitrogens with zero attached hydrogens (tertiary/aromatic N) is 2. The van der Waals surface area contributed by atoms with Gasteiger partial charge in [0.25, 0.3) is 0 Å². The van der Waals surface area contributed by atoms with Gasteiger partial charge in [-0.1, -0.05) is 13.3 Å². The van der Waals surface area contributed by atoms with E-state index in [4.69, 9.17) is 15.2 Å². The topological polar surface area (TPSA) is 70.3 Å². The second-order valence-electron chi connectivity index (χ2n) is 4.42. The molecule has 0 unspecified atom stereocenters. The van der Waals surface area contributed by atoms with Crippen LogP contribution in [0.2, 0.25) is 0 Å². The monoisotopic (exact) mass is 273 g/mol. The maximum Gasteiger partial charge on any atom is 0.222 e.